The van der Waals surface area contributed by atoms with E-state index in [4.69, 9.17) is 43.8 Å². The van der Waals surface area contributed by atoms with Crippen LogP contribution in [-0.4, -0.2) is 32.5 Å². The van der Waals surface area contributed by atoms with Crippen LogP contribution in [0.25, 0.3) is 22.9 Å². The summed E-state index contributed by atoms with van der Waals surface area (Å²) in [6, 6.07) is 11.7. The van der Waals surface area contributed by atoms with Gasteiger partial charge in [0.1, 0.15) is 5.75 Å². The first-order valence-electron chi connectivity index (χ1n) is 8.73. The van der Waals surface area contributed by atoms with Gasteiger partial charge in [-0.25, -0.2) is 0 Å². The molecule has 0 radical (unpaired) electrons. The number of hydrogen-bond donors (Lipinski definition) is 0. The van der Waals surface area contributed by atoms with Gasteiger partial charge in [0.25, 0.3) is 11.8 Å². The number of rotatable bonds is 6. The third-order valence-corrected chi connectivity index (χ3v) is 5.38. The molecule has 166 valence electrons. The molecule has 2 aromatic heterocycles. The standard InChI is InChI=1S/C19H10Cl3F3N4O3/c20-9-18(22,16-26-14(31-28-16)10-3-1-5-12(21)7-10)17-27-15(32-29-17)11-4-2-6-13(8-11)30-19(23,24)25/h1-8H,9H2. The highest BCUT2D eigenvalue weighted by atomic mass is 35.5. The molecule has 1 unspecified atom stereocenters. The molecule has 13 heteroatoms. The topological polar surface area (TPSA) is 87.1 Å². The zero-order valence-electron chi connectivity index (χ0n) is 15.6. The minimum absolute atomic E-state index is 0.0364. The summed E-state index contributed by atoms with van der Waals surface area (Å²) in [5.41, 5.74) is 0.729. The predicted molar refractivity (Wildman–Crippen MR) is 109 cm³/mol. The summed E-state index contributed by atoms with van der Waals surface area (Å²) in [7, 11) is 0. The second kappa shape index (κ2) is 8.61. The molecule has 2 aromatic carbocycles. The Balaban J connectivity index is 1.65. The lowest BCUT2D eigenvalue weighted by atomic mass is 10.1. The van der Waals surface area contributed by atoms with Gasteiger partial charge in [-0.05, 0) is 36.4 Å². The van der Waals surface area contributed by atoms with Crippen LogP contribution in [0.15, 0.2) is 57.6 Å². The van der Waals surface area contributed by atoms with Gasteiger partial charge in [-0.3, -0.25) is 0 Å². The fourth-order valence-corrected chi connectivity index (χ4v) is 3.25. The van der Waals surface area contributed by atoms with E-state index < -0.39 is 17.0 Å². The molecule has 0 amide bonds. The third kappa shape index (κ3) is 4.67. The Labute approximate surface area is 193 Å². The zero-order chi connectivity index (χ0) is 22.9. The lowest BCUT2D eigenvalue weighted by Gasteiger charge is -2.15. The molecule has 0 aliphatic carbocycles. The maximum absolute atomic E-state index is 12.5. The smallest absolute Gasteiger partial charge is 0.406 e. The van der Waals surface area contributed by atoms with Crippen LogP contribution >= 0.6 is 34.8 Å². The SMILES string of the molecule is FC(F)(F)Oc1cccc(-c2nc(C(Cl)(CCl)c3noc(-c4cccc(Cl)c4)n3)no2)c1. The molecular weight excluding hydrogens is 496 g/mol. The van der Waals surface area contributed by atoms with E-state index in [-0.39, 0.29) is 34.9 Å². The van der Waals surface area contributed by atoms with Gasteiger partial charge in [0.2, 0.25) is 11.6 Å². The van der Waals surface area contributed by atoms with Crippen LogP contribution in [0.4, 0.5) is 13.2 Å². The van der Waals surface area contributed by atoms with Gasteiger partial charge >= 0.3 is 6.36 Å². The quantitative estimate of drug-likeness (QED) is 0.294. The Bertz CT molecular complexity index is 1250. The van der Waals surface area contributed by atoms with Crippen molar-refractivity contribution in [1.29, 1.82) is 0 Å². The van der Waals surface area contributed by atoms with Gasteiger partial charge in [-0.15, -0.1) is 36.4 Å². The van der Waals surface area contributed by atoms with Crippen molar-refractivity contribution in [3.05, 3.63) is 65.2 Å². The van der Waals surface area contributed by atoms with Crippen molar-refractivity contribution in [2.24, 2.45) is 0 Å². The molecule has 0 saturated heterocycles. The number of hydrogen-bond acceptors (Lipinski definition) is 7. The van der Waals surface area contributed by atoms with Crippen molar-refractivity contribution in [2.45, 2.75) is 11.2 Å². The van der Waals surface area contributed by atoms with Gasteiger partial charge in [0.15, 0.2) is 4.87 Å². The van der Waals surface area contributed by atoms with Crippen molar-refractivity contribution in [3.63, 3.8) is 0 Å². The van der Waals surface area contributed by atoms with Crippen LogP contribution in [0.3, 0.4) is 0 Å². The number of benzene rings is 2. The molecule has 32 heavy (non-hydrogen) atoms. The third-order valence-electron chi connectivity index (χ3n) is 4.13. The second-order valence-corrected chi connectivity index (χ2v) is 7.72. The van der Waals surface area contributed by atoms with Gasteiger partial charge < -0.3 is 13.8 Å². The van der Waals surface area contributed by atoms with Crippen LogP contribution < -0.4 is 4.74 Å². The predicted octanol–water partition coefficient (Wildman–Crippen LogP) is 6.06. The van der Waals surface area contributed by atoms with E-state index >= 15 is 0 Å². The highest BCUT2D eigenvalue weighted by Crippen LogP contribution is 2.37. The number of ether oxygens (including phenoxy) is 1. The highest BCUT2D eigenvalue weighted by molar-refractivity contribution is 6.32. The van der Waals surface area contributed by atoms with Gasteiger partial charge in [0.05, 0.1) is 5.88 Å². The van der Waals surface area contributed by atoms with Gasteiger partial charge in [0, 0.05) is 16.1 Å². The average molecular weight is 506 g/mol. The van der Waals surface area contributed by atoms with E-state index in [2.05, 4.69) is 25.0 Å². The van der Waals surface area contributed by atoms with Crippen LogP contribution in [0.5, 0.6) is 5.75 Å². The maximum Gasteiger partial charge on any atom is 0.573 e. The molecule has 2 heterocycles. The summed E-state index contributed by atoms with van der Waals surface area (Å²) in [6.07, 6.45) is -4.85. The van der Waals surface area contributed by atoms with Crippen LogP contribution in [0.2, 0.25) is 5.02 Å². The summed E-state index contributed by atoms with van der Waals surface area (Å²) >= 11 is 18.7. The Morgan fingerprint density at radius 3 is 1.97 bits per heavy atom. The van der Waals surface area contributed by atoms with Crippen molar-refractivity contribution in [2.75, 3.05) is 5.88 Å². The van der Waals surface area contributed by atoms with E-state index in [9.17, 15) is 13.2 Å². The fraction of sp³-hybridized carbons (Fsp3) is 0.158. The summed E-state index contributed by atoms with van der Waals surface area (Å²) in [4.78, 5) is 6.78. The van der Waals surface area contributed by atoms with Crippen LogP contribution in [0.1, 0.15) is 11.6 Å². The first-order chi connectivity index (χ1) is 15.2. The molecule has 4 rings (SSSR count). The summed E-state index contributed by atoms with van der Waals surface area (Å²) in [5, 5.41) is 8.14. The molecule has 0 aliphatic heterocycles. The maximum atomic E-state index is 12.5. The van der Waals surface area contributed by atoms with Crippen molar-refractivity contribution < 1.29 is 27.0 Å². The van der Waals surface area contributed by atoms with E-state index in [1.165, 1.54) is 12.1 Å². The summed E-state index contributed by atoms with van der Waals surface area (Å²) in [5.74, 6) is -0.831. The first-order valence-corrected chi connectivity index (χ1v) is 10.0. The lowest BCUT2D eigenvalue weighted by Crippen LogP contribution is -2.26. The Morgan fingerprint density at radius 1 is 0.875 bits per heavy atom. The van der Waals surface area contributed by atoms with Gasteiger partial charge in [-0.2, -0.15) is 9.97 Å². The van der Waals surface area contributed by atoms with Crippen LogP contribution in [-0.2, 0) is 4.87 Å². The Hall–Kier alpha value is -2.82. The van der Waals surface area contributed by atoms with E-state index in [0.717, 1.165) is 12.1 Å². The van der Waals surface area contributed by atoms with Crippen molar-refractivity contribution >= 4 is 34.8 Å². The molecule has 0 saturated carbocycles. The van der Waals surface area contributed by atoms with Crippen LogP contribution in [0, 0.1) is 0 Å². The molecule has 4 aromatic rings. The van der Waals surface area contributed by atoms with Gasteiger partial charge in [-0.1, -0.05) is 34.0 Å². The normalized spacial score (nSPS) is 13.7. The molecule has 0 spiro atoms. The number of nitrogens with zero attached hydrogens (tertiary/aromatic N) is 4. The molecule has 0 bridgehead atoms. The summed E-state index contributed by atoms with van der Waals surface area (Å²) in [6.45, 7) is 0. The molecule has 0 N–H and O–H groups in total. The number of aromatic nitrogens is 4. The molecule has 7 nitrogen and oxygen atoms in total. The molecule has 1 atom stereocenters. The highest BCUT2D eigenvalue weighted by Gasteiger charge is 2.41. The zero-order valence-corrected chi connectivity index (χ0v) is 17.9. The number of alkyl halides is 5. The molecule has 0 fully saturated rings. The van der Waals surface area contributed by atoms with E-state index in [1.807, 2.05) is 0 Å². The van der Waals surface area contributed by atoms with E-state index in [1.54, 1.807) is 24.3 Å². The van der Waals surface area contributed by atoms with E-state index in [0.29, 0.717) is 10.6 Å². The minimum atomic E-state index is -4.85. The Kier molecular flexibility index (Phi) is 6.02. The second-order valence-electron chi connectivity index (χ2n) is 6.37. The first kappa shape index (κ1) is 22.4. The molecule has 0 aliphatic rings. The Morgan fingerprint density at radius 2 is 1.44 bits per heavy atom. The van der Waals surface area contributed by atoms with Crippen molar-refractivity contribution in [3.8, 4) is 28.7 Å². The average Bonchev–Trinajstić information content (AvgIpc) is 3.43. The largest absolute Gasteiger partial charge is 0.573 e. The van der Waals surface area contributed by atoms with Crippen molar-refractivity contribution in [1.82, 2.24) is 20.3 Å². The lowest BCUT2D eigenvalue weighted by molar-refractivity contribution is -0.274. The number of halogens is 6. The summed E-state index contributed by atoms with van der Waals surface area (Å²) < 4.78 is 51.8. The fourth-order valence-electron chi connectivity index (χ4n) is 2.67. The monoisotopic (exact) mass is 504 g/mol. The molecular formula is C19H10Cl3F3N4O3. The minimum Gasteiger partial charge on any atom is -0.406 e.